The molecule has 0 amide bonds. The molecule has 0 bridgehead atoms. The van der Waals surface area contributed by atoms with Crippen molar-refractivity contribution in [3.05, 3.63) is 29.8 Å². The number of likely N-dealkylation sites (tertiary alicyclic amines) is 1. The summed E-state index contributed by atoms with van der Waals surface area (Å²) in [4.78, 5) is 2.54. The van der Waals surface area contributed by atoms with Gasteiger partial charge in [0.2, 0.25) is 0 Å². The fraction of sp³-hybridized carbons (Fsp3) is 0.562. The highest BCUT2D eigenvalue weighted by atomic mass is 15.2. The van der Waals surface area contributed by atoms with Gasteiger partial charge in [-0.3, -0.25) is 0 Å². The monoisotopic (exact) mass is 257 g/mol. The van der Waals surface area contributed by atoms with Crippen LogP contribution in [0.15, 0.2) is 24.3 Å². The van der Waals surface area contributed by atoms with E-state index < -0.39 is 0 Å². The number of rotatable bonds is 4. The molecule has 0 atom stereocenters. The van der Waals surface area contributed by atoms with Gasteiger partial charge in [0.1, 0.15) is 0 Å². The Bertz CT molecular complexity index is 422. The van der Waals surface area contributed by atoms with Crippen LogP contribution in [-0.4, -0.2) is 30.1 Å². The first-order valence-corrected chi connectivity index (χ1v) is 7.15. The Labute approximate surface area is 116 Å². The topological polar surface area (TPSA) is 39.1 Å². The van der Waals surface area contributed by atoms with Crippen LogP contribution >= 0.6 is 0 Å². The third-order valence-corrected chi connectivity index (χ3v) is 3.87. The van der Waals surface area contributed by atoms with Crippen molar-refractivity contribution in [1.29, 1.82) is 5.26 Å². The van der Waals surface area contributed by atoms with Gasteiger partial charge in [-0.25, -0.2) is 0 Å². The van der Waals surface area contributed by atoms with Gasteiger partial charge in [0.05, 0.1) is 12.5 Å². The van der Waals surface area contributed by atoms with Gasteiger partial charge in [-0.15, -0.1) is 0 Å². The van der Waals surface area contributed by atoms with E-state index in [-0.39, 0.29) is 0 Å². The van der Waals surface area contributed by atoms with Gasteiger partial charge < -0.3 is 10.2 Å². The summed E-state index contributed by atoms with van der Waals surface area (Å²) in [6, 6.07) is 11.7. The Balaban J connectivity index is 1.84. The Hall–Kier alpha value is -1.53. The van der Waals surface area contributed by atoms with Crippen LogP contribution in [0.5, 0.6) is 0 Å². The van der Waals surface area contributed by atoms with Gasteiger partial charge in [-0.2, -0.15) is 5.26 Å². The average Bonchev–Trinajstić information content (AvgIpc) is 2.42. The number of hydrogen-bond donors (Lipinski definition) is 1. The van der Waals surface area contributed by atoms with E-state index in [1.807, 2.05) is 12.1 Å². The molecule has 1 saturated heterocycles. The SMILES string of the molecule is CC(C)N1CCC(Nc2ccc(CC#N)cc2)CC1. The summed E-state index contributed by atoms with van der Waals surface area (Å²) in [6.45, 7) is 6.90. The summed E-state index contributed by atoms with van der Waals surface area (Å²) in [5.74, 6) is 0. The number of nitriles is 1. The van der Waals surface area contributed by atoms with Crippen LogP contribution in [0, 0.1) is 11.3 Å². The predicted molar refractivity (Wildman–Crippen MR) is 79.1 cm³/mol. The standard InChI is InChI=1S/C16H23N3/c1-13(2)19-11-8-16(9-12-19)18-15-5-3-14(4-6-15)7-10-17/h3-6,13,16,18H,7-9,11-12H2,1-2H3. The highest BCUT2D eigenvalue weighted by Crippen LogP contribution is 2.18. The Morgan fingerprint density at radius 2 is 1.89 bits per heavy atom. The second-order valence-corrected chi connectivity index (χ2v) is 5.58. The highest BCUT2D eigenvalue weighted by molar-refractivity contribution is 5.45. The van der Waals surface area contributed by atoms with Crippen molar-refractivity contribution in [1.82, 2.24) is 4.90 Å². The molecule has 0 aromatic heterocycles. The van der Waals surface area contributed by atoms with E-state index in [0.29, 0.717) is 18.5 Å². The van der Waals surface area contributed by atoms with Crippen LogP contribution in [0.2, 0.25) is 0 Å². The molecule has 1 aromatic carbocycles. The molecule has 1 aliphatic heterocycles. The molecule has 1 aliphatic rings. The molecule has 3 heteroatoms. The van der Waals surface area contributed by atoms with E-state index in [1.54, 1.807) is 0 Å². The molecular weight excluding hydrogens is 234 g/mol. The molecule has 1 N–H and O–H groups in total. The van der Waals surface area contributed by atoms with Gasteiger partial charge >= 0.3 is 0 Å². The maximum atomic E-state index is 8.65. The van der Waals surface area contributed by atoms with Crippen molar-refractivity contribution >= 4 is 5.69 Å². The summed E-state index contributed by atoms with van der Waals surface area (Å²) in [7, 11) is 0. The van der Waals surface area contributed by atoms with Crippen LogP contribution in [-0.2, 0) is 6.42 Å². The predicted octanol–water partition coefficient (Wildman–Crippen LogP) is 3.04. The third-order valence-electron chi connectivity index (χ3n) is 3.87. The number of benzene rings is 1. The van der Waals surface area contributed by atoms with Crippen molar-refractivity contribution in [2.75, 3.05) is 18.4 Å². The van der Waals surface area contributed by atoms with Crippen LogP contribution in [0.25, 0.3) is 0 Å². The zero-order valence-electron chi connectivity index (χ0n) is 11.9. The first kappa shape index (κ1) is 13.9. The molecule has 0 saturated carbocycles. The van der Waals surface area contributed by atoms with Gasteiger partial charge in [-0.1, -0.05) is 12.1 Å². The molecule has 0 spiro atoms. The number of anilines is 1. The van der Waals surface area contributed by atoms with Crippen LogP contribution in [0.4, 0.5) is 5.69 Å². The maximum absolute atomic E-state index is 8.65. The number of nitrogens with one attached hydrogen (secondary N) is 1. The second kappa shape index (κ2) is 6.58. The van der Waals surface area contributed by atoms with Crippen LogP contribution < -0.4 is 5.32 Å². The first-order valence-electron chi connectivity index (χ1n) is 7.15. The molecule has 0 unspecified atom stereocenters. The summed E-state index contributed by atoms with van der Waals surface area (Å²) >= 11 is 0. The number of hydrogen-bond acceptors (Lipinski definition) is 3. The number of piperidine rings is 1. The lowest BCUT2D eigenvalue weighted by Gasteiger charge is -2.35. The minimum atomic E-state index is 0.493. The highest BCUT2D eigenvalue weighted by Gasteiger charge is 2.20. The minimum absolute atomic E-state index is 0.493. The third kappa shape index (κ3) is 3.97. The molecule has 1 heterocycles. The van der Waals surface area contributed by atoms with E-state index in [2.05, 4.69) is 42.3 Å². The quantitative estimate of drug-likeness (QED) is 0.901. The molecule has 102 valence electrons. The van der Waals surface area contributed by atoms with Crippen LogP contribution in [0.3, 0.4) is 0 Å². The van der Waals surface area contributed by atoms with E-state index >= 15 is 0 Å². The lowest BCUT2D eigenvalue weighted by Crippen LogP contribution is -2.42. The Morgan fingerprint density at radius 3 is 2.42 bits per heavy atom. The molecule has 0 aliphatic carbocycles. The molecule has 1 aromatic rings. The first-order chi connectivity index (χ1) is 9.19. The van der Waals surface area contributed by atoms with Crippen molar-refractivity contribution in [3.8, 4) is 6.07 Å². The normalized spacial score (nSPS) is 17.4. The lowest BCUT2D eigenvalue weighted by molar-refractivity contribution is 0.177. The summed E-state index contributed by atoms with van der Waals surface area (Å²) < 4.78 is 0. The average molecular weight is 257 g/mol. The second-order valence-electron chi connectivity index (χ2n) is 5.58. The van der Waals surface area contributed by atoms with Crippen LogP contribution in [0.1, 0.15) is 32.3 Å². The zero-order chi connectivity index (χ0) is 13.7. The smallest absolute Gasteiger partial charge is 0.0669 e. The summed E-state index contributed by atoms with van der Waals surface area (Å²) in [5.41, 5.74) is 2.26. The largest absolute Gasteiger partial charge is 0.382 e. The minimum Gasteiger partial charge on any atom is -0.382 e. The van der Waals surface area contributed by atoms with E-state index in [0.717, 1.165) is 5.56 Å². The van der Waals surface area contributed by atoms with Crippen molar-refractivity contribution in [2.45, 2.75) is 45.2 Å². The summed E-state index contributed by atoms with van der Waals surface area (Å²) in [6.07, 6.45) is 2.91. The van der Waals surface area contributed by atoms with Gasteiger partial charge in [0, 0.05) is 30.9 Å². The van der Waals surface area contributed by atoms with Crippen molar-refractivity contribution in [2.24, 2.45) is 0 Å². The molecule has 0 radical (unpaired) electrons. The van der Waals surface area contributed by atoms with Gasteiger partial charge in [-0.05, 0) is 44.4 Å². The van der Waals surface area contributed by atoms with Crippen molar-refractivity contribution in [3.63, 3.8) is 0 Å². The molecule has 19 heavy (non-hydrogen) atoms. The van der Waals surface area contributed by atoms with E-state index in [4.69, 9.17) is 5.26 Å². The summed E-state index contributed by atoms with van der Waals surface area (Å²) in [5, 5.41) is 12.2. The van der Waals surface area contributed by atoms with Gasteiger partial charge in [0.25, 0.3) is 0 Å². The Morgan fingerprint density at radius 1 is 1.26 bits per heavy atom. The fourth-order valence-corrected chi connectivity index (χ4v) is 2.61. The zero-order valence-corrected chi connectivity index (χ0v) is 11.9. The maximum Gasteiger partial charge on any atom is 0.0669 e. The van der Waals surface area contributed by atoms with E-state index in [1.165, 1.54) is 31.6 Å². The van der Waals surface area contributed by atoms with Crippen molar-refractivity contribution < 1.29 is 0 Å². The molecule has 3 nitrogen and oxygen atoms in total. The Kier molecular flexibility index (Phi) is 4.81. The molecule has 2 rings (SSSR count). The lowest BCUT2D eigenvalue weighted by atomic mass is 10.0. The molecule has 1 fully saturated rings. The van der Waals surface area contributed by atoms with Gasteiger partial charge in [0.15, 0.2) is 0 Å². The van der Waals surface area contributed by atoms with E-state index in [9.17, 15) is 0 Å². The fourth-order valence-electron chi connectivity index (χ4n) is 2.61. The number of nitrogens with zero attached hydrogens (tertiary/aromatic N) is 2. The molecular formula is C16H23N3.